The Bertz CT molecular complexity index is 743. The van der Waals surface area contributed by atoms with Gasteiger partial charge >= 0.3 is 0 Å². The number of halogens is 1. The van der Waals surface area contributed by atoms with Crippen LogP contribution in [0.5, 0.6) is 0 Å². The lowest BCUT2D eigenvalue weighted by molar-refractivity contribution is -0.385. The molecule has 0 aromatic heterocycles. The molecule has 0 aliphatic rings. The molecule has 0 radical (unpaired) electrons. The second kappa shape index (κ2) is 7.79. The second-order valence-electron chi connectivity index (χ2n) is 5.09. The van der Waals surface area contributed by atoms with E-state index < -0.39 is 10.8 Å². The Hall–Kier alpha value is -2.60. The minimum absolute atomic E-state index is 0.0691. The summed E-state index contributed by atoms with van der Waals surface area (Å²) in [7, 11) is 0. The number of carbonyl (C=O) groups excluding carboxylic acids is 1. The number of nitrogens with zero attached hydrogens (tertiary/aromatic N) is 2. The zero-order valence-corrected chi connectivity index (χ0v) is 14.2. The molecule has 1 N–H and O–H groups in total. The monoisotopic (exact) mass is 347 g/mol. The number of benzene rings is 2. The van der Waals surface area contributed by atoms with Crippen LogP contribution in [0, 0.1) is 10.1 Å². The highest BCUT2D eigenvalue weighted by molar-refractivity contribution is 6.31. The molecule has 2 rings (SSSR count). The summed E-state index contributed by atoms with van der Waals surface area (Å²) in [6.45, 7) is 5.91. The normalized spacial score (nSPS) is 10.3. The van der Waals surface area contributed by atoms with E-state index in [4.69, 9.17) is 11.6 Å². The fraction of sp³-hybridized carbons (Fsp3) is 0.235. The summed E-state index contributed by atoms with van der Waals surface area (Å²) < 4.78 is 0. The van der Waals surface area contributed by atoms with Crippen molar-refractivity contribution >= 4 is 34.6 Å². The first-order valence-corrected chi connectivity index (χ1v) is 7.94. The van der Waals surface area contributed by atoms with Crippen LogP contribution in [0.3, 0.4) is 0 Å². The highest BCUT2D eigenvalue weighted by atomic mass is 35.5. The van der Waals surface area contributed by atoms with Gasteiger partial charge in [0.25, 0.3) is 11.6 Å². The van der Waals surface area contributed by atoms with Crippen LogP contribution in [0.4, 0.5) is 17.1 Å². The zero-order chi connectivity index (χ0) is 17.7. The maximum Gasteiger partial charge on any atom is 0.282 e. The van der Waals surface area contributed by atoms with Crippen molar-refractivity contribution in [1.82, 2.24) is 0 Å². The largest absolute Gasteiger partial charge is 0.372 e. The molecule has 0 saturated heterocycles. The highest BCUT2D eigenvalue weighted by Crippen LogP contribution is 2.24. The molecule has 0 aliphatic carbocycles. The van der Waals surface area contributed by atoms with Crippen molar-refractivity contribution in [3.05, 3.63) is 63.2 Å². The van der Waals surface area contributed by atoms with Crippen molar-refractivity contribution in [3.63, 3.8) is 0 Å². The smallest absolute Gasteiger partial charge is 0.282 e. The number of nitrogens with one attached hydrogen (secondary N) is 1. The quantitative estimate of drug-likeness (QED) is 0.622. The molecule has 0 heterocycles. The molecule has 0 unspecified atom stereocenters. The summed E-state index contributed by atoms with van der Waals surface area (Å²) in [5.41, 5.74) is 1.26. The number of hydrogen-bond donors (Lipinski definition) is 1. The third-order valence-electron chi connectivity index (χ3n) is 3.65. The van der Waals surface area contributed by atoms with Gasteiger partial charge < -0.3 is 10.2 Å². The molecular weight excluding hydrogens is 330 g/mol. The lowest BCUT2D eigenvalue weighted by atomic mass is 10.1. The van der Waals surface area contributed by atoms with Gasteiger partial charge in [0.2, 0.25) is 0 Å². The Morgan fingerprint density at radius 1 is 1.17 bits per heavy atom. The van der Waals surface area contributed by atoms with Crippen LogP contribution >= 0.6 is 11.6 Å². The van der Waals surface area contributed by atoms with Crippen LogP contribution in [-0.4, -0.2) is 23.9 Å². The van der Waals surface area contributed by atoms with Crippen LogP contribution in [0.2, 0.25) is 5.02 Å². The summed E-state index contributed by atoms with van der Waals surface area (Å²) in [6, 6.07) is 11.2. The van der Waals surface area contributed by atoms with Gasteiger partial charge in [-0.3, -0.25) is 14.9 Å². The Morgan fingerprint density at radius 3 is 2.33 bits per heavy atom. The molecule has 7 heteroatoms. The summed E-state index contributed by atoms with van der Waals surface area (Å²) in [5, 5.41) is 14.0. The molecule has 1 amide bonds. The minimum atomic E-state index is -0.602. The third-order valence-corrected chi connectivity index (χ3v) is 3.89. The maximum absolute atomic E-state index is 12.3. The first-order valence-electron chi connectivity index (χ1n) is 7.56. The number of anilines is 2. The van der Waals surface area contributed by atoms with Crippen LogP contribution < -0.4 is 10.2 Å². The Morgan fingerprint density at radius 2 is 1.79 bits per heavy atom. The predicted molar refractivity (Wildman–Crippen MR) is 96.1 cm³/mol. The van der Waals surface area contributed by atoms with Gasteiger partial charge in [-0.15, -0.1) is 0 Å². The summed E-state index contributed by atoms with van der Waals surface area (Å²) in [6.07, 6.45) is 0. The van der Waals surface area contributed by atoms with E-state index in [0.717, 1.165) is 18.8 Å². The van der Waals surface area contributed by atoms with Crippen molar-refractivity contribution in [2.75, 3.05) is 23.3 Å². The first-order chi connectivity index (χ1) is 11.5. The molecule has 0 aliphatic heterocycles. The predicted octanol–water partition coefficient (Wildman–Crippen LogP) is 4.35. The summed E-state index contributed by atoms with van der Waals surface area (Å²) >= 11 is 5.85. The molecule has 0 atom stereocenters. The molecule has 2 aromatic rings. The molecule has 6 nitrogen and oxygen atoms in total. The molecule has 0 fully saturated rings. The Balaban J connectivity index is 2.21. The molecule has 0 bridgehead atoms. The molecule has 0 spiro atoms. The van der Waals surface area contributed by atoms with Crippen LogP contribution in [-0.2, 0) is 0 Å². The van der Waals surface area contributed by atoms with Gasteiger partial charge in [0.1, 0.15) is 5.56 Å². The average Bonchev–Trinajstić information content (AvgIpc) is 2.57. The van der Waals surface area contributed by atoms with Crippen molar-refractivity contribution in [2.45, 2.75) is 13.8 Å². The molecule has 24 heavy (non-hydrogen) atoms. The number of nitro benzene ring substituents is 1. The maximum atomic E-state index is 12.3. The van der Waals surface area contributed by atoms with Crippen LogP contribution in [0.25, 0.3) is 0 Å². The van der Waals surface area contributed by atoms with Gasteiger partial charge in [-0.2, -0.15) is 0 Å². The third kappa shape index (κ3) is 4.02. The number of rotatable bonds is 6. The number of hydrogen-bond acceptors (Lipinski definition) is 4. The molecule has 0 saturated carbocycles. The number of nitro groups is 1. The van der Waals surface area contributed by atoms with Gasteiger partial charge in [-0.25, -0.2) is 0 Å². The number of amides is 1. The van der Waals surface area contributed by atoms with Crippen LogP contribution in [0.15, 0.2) is 42.5 Å². The number of carbonyl (C=O) groups is 1. The Kier molecular flexibility index (Phi) is 5.76. The highest BCUT2D eigenvalue weighted by Gasteiger charge is 2.20. The van der Waals surface area contributed by atoms with E-state index in [2.05, 4.69) is 24.1 Å². The van der Waals surface area contributed by atoms with Crippen molar-refractivity contribution < 1.29 is 9.72 Å². The van der Waals surface area contributed by atoms with E-state index in [1.165, 1.54) is 18.2 Å². The topological polar surface area (TPSA) is 75.5 Å². The summed E-state index contributed by atoms with van der Waals surface area (Å²) in [5.74, 6) is -0.570. The van der Waals surface area contributed by atoms with Gasteiger partial charge in [-0.05, 0) is 50.2 Å². The van der Waals surface area contributed by atoms with E-state index in [1.807, 2.05) is 12.1 Å². The van der Waals surface area contributed by atoms with E-state index >= 15 is 0 Å². The zero-order valence-electron chi connectivity index (χ0n) is 13.5. The fourth-order valence-electron chi connectivity index (χ4n) is 2.39. The van der Waals surface area contributed by atoms with Crippen LogP contribution in [0.1, 0.15) is 24.2 Å². The second-order valence-corrected chi connectivity index (χ2v) is 5.53. The van der Waals surface area contributed by atoms with E-state index in [0.29, 0.717) is 5.69 Å². The Labute approximate surface area is 145 Å². The van der Waals surface area contributed by atoms with Gasteiger partial charge in [0.05, 0.1) is 4.92 Å². The van der Waals surface area contributed by atoms with Gasteiger partial charge in [0.15, 0.2) is 0 Å². The van der Waals surface area contributed by atoms with E-state index in [-0.39, 0.29) is 16.3 Å². The van der Waals surface area contributed by atoms with Gasteiger partial charge in [0, 0.05) is 35.6 Å². The van der Waals surface area contributed by atoms with E-state index in [9.17, 15) is 14.9 Å². The molecule has 2 aromatic carbocycles. The lowest BCUT2D eigenvalue weighted by Crippen LogP contribution is -2.21. The minimum Gasteiger partial charge on any atom is -0.372 e. The standard InChI is InChI=1S/C17H18ClN3O3/c1-3-20(4-2)14-8-6-13(7-9-14)19-17(22)15-11-12(18)5-10-16(15)21(23)24/h5-11H,3-4H2,1-2H3,(H,19,22). The van der Waals surface area contributed by atoms with Crippen molar-refractivity contribution in [1.29, 1.82) is 0 Å². The molecule has 126 valence electrons. The average molecular weight is 348 g/mol. The molecular formula is C17H18ClN3O3. The van der Waals surface area contributed by atoms with E-state index in [1.54, 1.807) is 12.1 Å². The fourth-order valence-corrected chi connectivity index (χ4v) is 2.56. The first kappa shape index (κ1) is 17.7. The van der Waals surface area contributed by atoms with Gasteiger partial charge in [-0.1, -0.05) is 11.6 Å². The lowest BCUT2D eigenvalue weighted by Gasteiger charge is -2.21. The SMILES string of the molecule is CCN(CC)c1ccc(NC(=O)c2cc(Cl)ccc2[N+](=O)[O-])cc1. The van der Waals surface area contributed by atoms with Crippen molar-refractivity contribution in [3.8, 4) is 0 Å². The summed E-state index contributed by atoms with van der Waals surface area (Å²) in [4.78, 5) is 25.0. The van der Waals surface area contributed by atoms with Crippen molar-refractivity contribution in [2.24, 2.45) is 0 Å².